The molecule has 1 aliphatic rings. The molecule has 6 nitrogen and oxygen atoms in total. The van der Waals surface area contributed by atoms with Gasteiger partial charge < -0.3 is 10.2 Å². The van der Waals surface area contributed by atoms with E-state index in [1.807, 2.05) is 60.7 Å². The predicted molar refractivity (Wildman–Crippen MR) is 164 cm³/mol. The number of hydrogen-bond acceptors (Lipinski definition) is 3. The van der Waals surface area contributed by atoms with E-state index in [2.05, 4.69) is 12.2 Å². The molecular formula is C33H31Cl2N3O3. The van der Waals surface area contributed by atoms with Crippen molar-refractivity contribution in [3.8, 4) is 0 Å². The maximum Gasteiger partial charge on any atom is 0.259 e. The lowest BCUT2D eigenvalue weighted by atomic mass is 10.0. The van der Waals surface area contributed by atoms with E-state index in [1.54, 1.807) is 29.2 Å². The van der Waals surface area contributed by atoms with Gasteiger partial charge >= 0.3 is 0 Å². The Kier molecular flexibility index (Phi) is 8.91. The van der Waals surface area contributed by atoms with Gasteiger partial charge in [-0.2, -0.15) is 0 Å². The molecule has 0 fully saturated rings. The molecule has 0 radical (unpaired) electrons. The number of nitrogens with zero attached hydrogens (tertiary/aromatic N) is 2. The Morgan fingerprint density at radius 2 is 1.66 bits per heavy atom. The summed E-state index contributed by atoms with van der Waals surface area (Å²) in [5, 5.41) is 5.56. The average molecular weight is 589 g/mol. The Morgan fingerprint density at radius 1 is 0.902 bits per heavy atom. The molecule has 0 aliphatic carbocycles. The van der Waals surface area contributed by atoms with Crippen molar-refractivity contribution in [3.63, 3.8) is 0 Å². The fraction of sp³-hybridized carbons (Fsp3) is 0.242. The standard InChI is InChI=1S/C33H31Cl2N3O3/c1-2-3-17-36-32(40)29(19-22-9-5-4-6-10-22)37(20-23-15-16-26(34)27(35)18-23)30(39)21-38-28-14-8-12-24-11-7-13-25(31(24)28)33(38)41/h4-16,18,29H,2-3,17,19-21H2,1H3,(H,36,40)/t29-/m1/s1. The van der Waals surface area contributed by atoms with E-state index in [9.17, 15) is 14.4 Å². The minimum Gasteiger partial charge on any atom is -0.354 e. The third-order valence-corrected chi connectivity index (χ3v) is 8.12. The first-order valence-electron chi connectivity index (χ1n) is 13.8. The van der Waals surface area contributed by atoms with Crippen LogP contribution in [-0.4, -0.2) is 41.8 Å². The zero-order valence-electron chi connectivity index (χ0n) is 22.8. The Labute approximate surface area is 249 Å². The summed E-state index contributed by atoms with van der Waals surface area (Å²) in [6.07, 6.45) is 2.07. The van der Waals surface area contributed by atoms with Crippen molar-refractivity contribution in [1.29, 1.82) is 0 Å². The van der Waals surface area contributed by atoms with E-state index in [1.165, 1.54) is 4.90 Å². The van der Waals surface area contributed by atoms with Crippen molar-refractivity contribution in [2.24, 2.45) is 0 Å². The van der Waals surface area contributed by atoms with Crippen LogP contribution in [0.5, 0.6) is 0 Å². The van der Waals surface area contributed by atoms with Gasteiger partial charge in [0.25, 0.3) is 5.91 Å². The van der Waals surface area contributed by atoms with Gasteiger partial charge in [0, 0.05) is 30.5 Å². The first-order valence-corrected chi connectivity index (χ1v) is 14.5. The number of nitrogens with one attached hydrogen (secondary N) is 1. The molecule has 8 heteroatoms. The highest BCUT2D eigenvalue weighted by Crippen LogP contribution is 2.37. The fourth-order valence-corrected chi connectivity index (χ4v) is 5.58. The first kappa shape index (κ1) is 28.7. The summed E-state index contributed by atoms with van der Waals surface area (Å²) in [7, 11) is 0. The second kappa shape index (κ2) is 12.8. The highest BCUT2D eigenvalue weighted by Gasteiger charge is 2.35. The molecule has 0 spiro atoms. The minimum atomic E-state index is -0.813. The van der Waals surface area contributed by atoms with E-state index in [0.29, 0.717) is 34.3 Å². The molecule has 5 rings (SSSR count). The highest BCUT2D eigenvalue weighted by molar-refractivity contribution is 6.42. The quantitative estimate of drug-likeness (QED) is 0.199. The van der Waals surface area contributed by atoms with Crippen LogP contribution in [-0.2, 0) is 22.6 Å². The summed E-state index contributed by atoms with van der Waals surface area (Å²) in [5.74, 6) is -0.818. The Morgan fingerprint density at radius 3 is 2.39 bits per heavy atom. The van der Waals surface area contributed by atoms with Crippen LogP contribution in [0.1, 0.15) is 41.3 Å². The van der Waals surface area contributed by atoms with Crippen molar-refractivity contribution < 1.29 is 14.4 Å². The van der Waals surface area contributed by atoms with Gasteiger partial charge in [0.1, 0.15) is 12.6 Å². The monoisotopic (exact) mass is 587 g/mol. The molecule has 0 aromatic heterocycles. The Balaban J connectivity index is 1.50. The molecular weight excluding hydrogens is 557 g/mol. The lowest BCUT2D eigenvalue weighted by Crippen LogP contribution is -2.53. The Bertz CT molecular complexity index is 1590. The van der Waals surface area contributed by atoms with Crippen molar-refractivity contribution in [3.05, 3.63) is 112 Å². The molecule has 0 saturated carbocycles. The van der Waals surface area contributed by atoms with Crippen LogP contribution in [0.25, 0.3) is 10.8 Å². The summed E-state index contributed by atoms with van der Waals surface area (Å²) >= 11 is 12.5. The van der Waals surface area contributed by atoms with Gasteiger partial charge in [0.15, 0.2) is 0 Å². The zero-order chi connectivity index (χ0) is 28.9. The van der Waals surface area contributed by atoms with Gasteiger partial charge in [0.05, 0.1) is 15.7 Å². The van der Waals surface area contributed by atoms with E-state index in [0.717, 1.165) is 34.7 Å². The maximum atomic E-state index is 14.2. The molecule has 0 unspecified atom stereocenters. The van der Waals surface area contributed by atoms with E-state index < -0.39 is 6.04 Å². The van der Waals surface area contributed by atoms with Gasteiger partial charge in [-0.3, -0.25) is 19.3 Å². The van der Waals surface area contributed by atoms with Crippen molar-refractivity contribution in [2.45, 2.75) is 38.8 Å². The fourth-order valence-electron chi connectivity index (χ4n) is 5.26. The van der Waals surface area contributed by atoms with Crippen LogP contribution in [0, 0.1) is 0 Å². The number of carbonyl (C=O) groups excluding carboxylic acids is 3. The number of hydrogen-bond donors (Lipinski definition) is 1. The predicted octanol–water partition coefficient (Wildman–Crippen LogP) is 6.66. The first-order chi connectivity index (χ1) is 19.9. The summed E-state index contributed by atoms with van der Waals surface area (Å²) in [5.41, 5.74) is 2.91. The maximum absolute atomic E-state index is 14.2. The number of anilines is 1. The molecule has 1 aliphatic heterocycles. The van der Waals surface area contributed by atoms with Crippen LogP contribution >= 0.6 is 23.2 Å². The van der Waals surface area contributed by atoms with Crippen LogP contribution in [0.15, 0.2) is 84.9 Å². The lowest BCUT2D eigenvalue weighted by molar-refractivity contribution is -0.140. The number of amides is 3. The number of rotatable bonds is 11. The van der Waals surface area contributed by atoms with Crippen LogP contribution in [0.3, 0.4) is 0 Å². The molecule has 1 atom stereocenters. The number of carbonyl (C=O) groups is 3. The summed E-state index contributed by atoms with van der Waals surface area (Å²) in [4.78, 5) is 44.5. The van der Waals surface area contributed by atoms with E-state index in [4.69, 9.17) is 23.2 Å². The lowest BCUT2D eigenvalue weighted by Gasteiger charge is -2.33. The molecule has 1 N–H and O–H groups in total. The highest BCUT2D eigenvalue weighted by atomic mass is 35.5. The van der Waals surface area contributed by atoms with Crippen molar-refractivity contribution in [2.75, 3.05) is 18.0 Å². The molecule has 41 heavy (non-hydrogen) atoms. The molecule has 3 amide bonds. The number of halogens is 2. The van der Waals surface area contributed by atoms with Crippen molar-refractivity contribution >= 4 is 57.4 Å². The molecule has 4 aromatic rings. The van der Waals surface area contributed by atoms with Crippen LogP contribution in [0.2, 0.25) is 10.0 Å². The van der Waals surface area contributed by atoms with Crippen LogP contribution < -0.4 is 10.2 Å². The molecule has 4 aromatic carbocycles. The average Bonchev–Trinajstić information content (AvgIpc) is 3.25. The second-order valence-electron chi connectivity index (χ2n) is 10.2. The van der Waals surface area contributed by atoms with E-state index >= 15 is 0 Å². The smallest absolute Gasteiger partial charge is 0.259 e. The minimum absolute atomic E-state index is 0.119. The summed E-state index contributed by atoms with van der Waals surface area (Å²) in [6, 6.07) is 25.2. The van der Waals surface area contributed by atoms with Gasteiger partial charge in [-0.05, 0) is 47.2 Å². The third kappa shape index (κ3) is 6.24. The molecule has 0 saturated heterocycles. The number of benzene rings is 4. The summed E-state index contributed by atoms with van der Waals surface area (Å²) in [6.45, 7) is 2.48. The molecule has 210 valence electrons. The van der Waals surface area contributed by atoms with Gasteiger partial charge in [-0.25, -0.2) is 0 Å². The molecule has 1 heterocycles. The third-order valence-electron chi connectivity index (χ3n) is 7.38. The van der Waals surface area contributed by atoms with Gasteiger partial charge in [-0.1, -0.05) is 97.2 Å². The van der Waals surface area contributed by atoms with Gasteiger partial charge in [0.2, 0.25) is 11.8 Å². The topological polar surface area (TPSA) is 69.7 Å². The molecule has 0 bridgehead atoms. The zero-order valence-corrected chi connectivity index (χ0v) is 24.3. The van der Waals surface area contributed by atoms with Gasteiger partial charge in [-0.15, -0.1) is 0 Å². The number of unbranched alkanes of at least 4 members (excludes halogenated alkanes) is 1. The van der Waals surface area contributed by atoms with Crippen LogP contribution in [0.4, 0.5) is 5.69 Å². The largest absolute Gasteiger partial charge is 0.354 e. The Hall–Kier alpha value is -3.87. The second-order valence-corrected chi connectivity index (χ2v) is 11.0. The SMILES string of the molecule is CCCCNC(=O)[C@@H](Cc1ccccc1)N(Cc1ccc(Cl)c(Cl)c1)C(=O)CN1C(=O)c2cccc3cccc1c23. The normalized spacial score (nSPS) is 13.0. The van der Waals surface area contributed by atoms with Crippen molar-refractivity contribution in [1.82, 2.24) is 10.2 Å². The summed E-state index contributed by atoms with van der Waals surface area (Å²) < 4.78 is 0. The van der Waals surface area contributed by atoms with E-state index in [-0.39, 0.29) is 30.8 Å².